The Balaban J connectivity index is 2.59. The average molecular weight is 368 g/mol. The number of halogens is 1. The number of ether oxygens (including phenoxy) is 1. The zero-order chi connectivity index (χ0) is 17.9. The monoisotopic (exact) mass is 367 g/mol. The number of aromatic nitrogens is 2. The van der Waals surface area contributed by atoms with Gasteiger partial charge in [0.2, 0.25) is 11.8 Å². The molecule has 0 atom stereocenters. The summed E-state index contributed by atoms with van der Waals surface area (Å²) in [6, 6.07) is 6.54. The number of hydrogen-bond acceptors (Lipinski definition) is 5. The number of sulfonamides is 1. The van der Waals surface area contributed by atoms with Gasteiger partial charge in [0.15, 0.2) is 0 Å². The average Bonchev–Trinajstić information content (AvgIpc) is 2.55. The molecular formula is C16H18ClN3O3S. The second-order valence-electron chi connectivity index (χ2n) is 5.07. The van der Waals surface area contributed by atoms with Gasteiger partial charge in [0.25, 0.3) is 10.0 Å². The van der Waals surface area contributed by atoms with E-state index in [9.17, 15) is 8.42 Å². The molecule has 2 rings (SSSR count). The molecule has 0 aliphatic rings. The van der Waals surface area contributed by atoms with Crippen molar-refractivity contribution < 1.29 is 13.2 Å². The highest BCUT2D eigenvalue weighted by molar-refractivity contribution is 7.92. The van der Waals surface area contributed by atoms with E-state index < -0.39 is 10.0 Å². The van der Waals surface area contributed by atoms with Crippen molar-refractivity contribution in [3.63, 3.8) is 0 Å². The van der Waals surface area contributed by atoms with E-state index in [1.165, 1.54) is 13.2 Å². The van der Waals surface area contributed by atoms with Crippen LogP contribution in [0.3, 0.4) is 0 Å². The van der Waals surface area contributed by atoms with Gasteiger partial charge in [-0.25, -0.2) is 17.7 Å². The van der Waals surface area contributed by atoms with Gasteiger partial charge < -0.3 is 4.74 Å². The van der Waals surface area contributed by atoms with Gasteiger partial charge in [-0.05, 0) is 26.0 Å². The van der Waals surface area contributed by atoms with Gasteiger partial charge in [-0.1, -0.05) is 35.4 Å². The molecule has 8 heteroatoms. The zero-order valence-electron chi connectivity index (χ0n) is 13.7. The molecule has 0 N–H and O–H groups in total. The summed E-state index contributed by atoms with van der Waals surface area (Å²) in [4.78, 5) is 8.44. The summed E-state index contributed by atoms with van der Waals surface area (Å²) >= 11 is 6.06. The molecule has 0 bridgehead atoms. The Labute approximate surface area is 146 Å². The standard InChI is InChI=1S/C16H18ClN3O3S/c1-5-10-20(16-18-12(3)14(17)15(19-16)23-4)24(21,22)13-8-6-11(2)7-9-13/h5-9H,1,10H2,2-4H3. The number of hydrogen-bond donors (Lipinski definition) is 0. The maximum atomic E-state index is 13.0. The maximum absolute atomic E-state index is 13.0. The van der Waals surface area contributed by atoms with Crippen molar-refractivity contribution in [2.75, 3.05) is 18.0 Å². The summed E-state index contributed by atoms with van der Waals surface area (Å²) in [5.74, 6) is 0.0987. The van der Waals surface area contributed by atoms with Gasteiger partial charge in [0, 0.05) is 0 Å². The topological polar surface area (TPSA) is 72.4 Å². The molecule has 0 saturated heterocycles. The summed E-state index contributed by atoms with van der Waals surface area (Å²) in [7, 11) is -2.44. The second-order valence-corrected chi connectivity index (χ2v) is 7.31. The third kappa shape index (κ3) is 3.52. The van der Waals surface area contributed by atoms with Crippen molar-refractivity contribution >= 4 is 27.6 Å². The summed E-state index contributed by atoms with van der Waals surface area (Å²) in [5, 5.41) is 0.243. The molecule has 0 saturated carbocycles. The van der Waals surface area contributed by atoms with E-state index in [1.54, 1.807) is 31.2 Å². The maximum Gasteiger partial charge on any atom is 0.266 e. The van der Waals surface area contributed by atoms with E-state index in [2.05, 4.69) is 16.5 Å². The van der Waals surface area contributed by atoms with Gasteiger partial charge in [-0.2, -0.15) is 4.98 Å². The molecule has 1 aromatic carbocycles. The lowest BCUT2D eigenvalue weighted by molar-refractivity contribution is 0.397. The first kappa shape index (κ1) is 18.2. The van der Waals surface area contributed by atoms with Crippen LogP contribution in [0.5, 0.6) is 5.88 Å². The molecule has 1 aromatic heterocycles. The smallest absolute Gasteiger partial charge is 0.266 e. The van der Waals surface area contributed by atoms with Gasteiger partial charge >= 0.3 is 0 Å². The van der Waals surface area contributed by atoms with E-state index in [4.69, 9.17) is 16.3 Å². The number of aryl methyl sites for hydroxylation is 2. The van der Waals surface area contributed by atoms with Crippen LogP contribution in [0.15, 0.2) is 41.8 Å². The number of benzene rings is 1. The Morgan fingerprint density at radius 1 is 1.25 bits per heavy atom. The number of anilines is 1. The van der Waals surface area contributed by atoms with E-state index in [-0.39, 0.29) is 28.3 Å². The number of methoxy groups -OCH3 is 1. The molecule has 128 valence electrons. The Kier molecular flexibility index (Phi) is 5.46. The van der Waals surface area contributed by atoms with Crippen molar-refractivity contribution in [3.8, 4) is 5.88 Å². The van der Waals surface area contributed by atoms with E-state index >= 15 is 0 Å². The first-order chi connectivity index (χ1) is 11.3. The zero-order valence-corrected chi connectivity index (χ0v) is 15.2. The molecule has 0 spiro atoms. The normalized spacial score (nSPS) is 11.2. The number of nitrogens with zero attached hydrogens (tertiary/aromatic N) is 3. The lowest BCUT2D eigenvalue weighted by Crippen LogP contribution is -2.33. The van der Waals surface area contributed by atoms with Gasteiger partial charge in [-0.15, -0.1) is 6.58 Å². The molecule has 0 radical (unpaired) electrons. The van der Waals surface area contributed by atoms with Crippen LogP contribution >= 0.6 is 11.6 Å². The quantitative estimate of drug-likeness (QED) is 0.733. The van der Waals surface area contributed by atoms with Gasteiger partial charge in [-0.3, -0.25) is 0 Å². The minimum Gasteiger partial charge on any atom is -0.480 e. The molecule has 6 nitrogen and oxygen atoms in total. The lowest BCUT2D eigenvalue weighted by Gasteiger charge is -2.22. The van der Waals surface area contributed by atoms with E-state index in [0.29, 0.717) is 5.69 Å². The second kappa shape index (κ2) is 7.19. The Morgan fingerprint density at radius 2 is 1.88 bits per heavy atom. The minimum atomic E-state index is -3.85. The van der Waals surface area contributed by atoms with E-state index in [1.807, 2.05) is 6.92 Å². The Hall–Kier alpha value is -2.12. The Bertz CT molecular complexity index is 852. The molecule has 0 aliphatic carbocycles. The van der Waals surface area contributed by atoms with Crippen LogP contribution in [0.25, 0.3) is 0 Å². The van der Waals surface area contributed by atoms with Crippen molar-refractivity contribution in [1.82, 2.24) is 9.97 Å². The van der Waals surface area contributed by atoms with E-state index in [0.717, 1.165) is 9.87 Å². The van der Waals surface area contributed by atoms with Crippen LogP contribution < -0.4 is 9.04 Å². The van der Waals surface area contributed by atoms with Crippen LogP contribution in [0.2, 0.25) is 5.02 Å². The fourth-order valence-corrected chi connectivity index (χ4v) is 3.50. The summed E-state index contributed by atoms with van der Waals surface area (Å²) in [6.45, 7) is 7.16. The lowest BCUT2D eigenvalue weighted by atomic mass is 10.2. The van der Waals surface area contributed by atoms with Crippen molar-refractivity contribution in [2.45, 2.75) is 18.7 Å². The molecule has 24 heavy (non-hydrogen) atoms. The van der Waals surface area contributed by atoms with Gasteiger partial charge in [0.1, 0.15) is 5.02 Å². The van der Waals surface area contributed by atoms with Crippen LogP contribution in [-0.4, -0.2) is 32.0 Å². The third-order valence-corrected chi connectivity index (χ3v) is 5.49. The highest BCUT2D eigenvalue weighted by Gasteiger charge is 2.27. The molecule has 0 aliphatic heterocycles. The first-order valence-corrected chi connectivity index (χ1v) is 8.91. The highest BCUT2D eigenvalue weighted by Crippen LogP contribution is 2.29. The molecule has 0 unspecified atom stereocenters. The third-order valence-electron chi connectivity index (χ3n) is 3.29. The van der Waals surface area contributed by atoms with Crippen LogP contribution in [0.1, 0.15) is 11.3 Å². The van der Waals surface area contributed by atoms with Crippen molar-refractivity contribution in [3.05, 3.63) is 53.2 Å². The summed E-state index contributed by atoms with van der Waals surface area (Å²) in [6.07, 6.45) is 1.46. The molecule has 0 fully saturated rings. The van der Waals surface area contributed by atoms with Crippen LogP contribution in [-0.2, 0) is 10.0 Å². The van der Waals surface area contributed by atoms with Crippen LogP contribution in [0, 0.1) is 13.8 Å². The van der Waals surface area contributed by atoms with Crippen LogP contribution in [0.4, 0.5) is 5.95 Å². The SMILES string of the molecule is C=CCN(c1nc(C)c(Cl)c(OC)n1)S(=O)(=O)c1ccc(C)cc1. The van der Waals surface area contributed by atoms with Crippen molar-refractivity contribution in [2.24, 2.45) is 0 Å². The molecule has 2 aromatic rings. The molecule has 0 amide bonds. The predicted octanol–water partition coefficient (Wildman–Crippen LogP) is 3.14. The van der Waals surface area contributed by atoms with Gasteiger partial charge in [0.05, 0.1) is 24.2 Å². The number of rotatable bonds is 6. The fraction of sp³-hybridized carbons (Fsp3) is 0.250. The largest absolute Gasteiger partial charge is 0.480 e. The minimum absolute atomic E-state index is 0.0143. The first-order valence-electron chi connectivity index (χ1n) is 7.09. The predicted molar refractivity (Wildman–Crippen MR) is 94.2 cm³/mol. The van der Waals surface area contributed by atoms with Crippen molar-refractivity contribution in [1.29, 1.82) is 0 Å². The highest BCUT2D eigenvalue weighted by atomic mass is 35.5. The molecular weight excluding hydrogens is 350 g/mol. The summed E-state index contributed by atoms with van der Waals surface area (Å²) in [5.41, 5.74) is 1.39. The Morgan fingerprint density at radius 3 is 2.42 bits per heavy atom. The molecule has 1 heterocycles. The fourth-order valence-electron chi connectivity index (χ4n) is 2.01. The summed E-state index contributed by atoms with van der Waals surface area (Å²) < 4.78 is 32.1.